The van der Waals surface area contributed by atoms with Crippen molar-refractivity contribution < 1.29 is 23.6 Å². The zero-order valence-corrected chi connectivity index (χ0v) is 15.4. The number of aromatic nitrogens is 2. The maximum atomic E-state index is 13.3. The van der Waals surface area contributed by atoms with Crippen LogP contribution in [0.5, 0.6) is 0 Å². The number of ether oxygens (including phenoxy) is 1. The first-order valence-corrected chi connectivity index (χ1v) is 8.71. The van der Waals surface area contributed by atoms with Crippen molar-refractivity contribution in [2.75, 3.05) is 11.9 Å². The lowest BCUT2D eigenvalue weighted by atomic mass is 10.2. The SMILES string of the molecule is O=C(COC(=O)CCc1nc2ccccc2c(=O)[nH]1)Nc1ccc(F)c([N+](=O)[O-])c1. The number of benzene rings is 2. The number of para-hydroxylation sites is 1. The van der Waals surface area contributed by atoms with Crippen LogP contribution in [0.2, 0.25) is 0 Å². The van der Waals surface area contributed by atoms with Gasteiger partial charge in [-0.1, -0.05) is 12.1 Å². The van der Waals surface area contributed by atoms with Crippen LogP contribution < -0.4 is 10.9 Å². The number of hydrogen-bond acceptors (Lipinski definition) is 7. The molecule has 1 amide bonds. The Morgan fingerprint density at radius 3 is 2.77 bits per heavy atom. The molecule has 0 saturated heterocycles. The topological polar surface area (TPSA) is 144 Å². The van der Waals surface area contributed by atoms with E-state index in [1.54, 1.807) is 24.3 Å². The number of nitrogens with one attached hydrogen (secondary N) is 2. The van der Waals surface area contributed by atoms with Gasteiger partial charge in [-0.05, 0) is 24.3 Å². The molecule has 11 heteroatoms. The highest BCUT2D eigenvalue weighted by molar-refractivity contribution is 5.93. The Morgan fingerprint density at radius 2 is 2.00 bits per heavy atom. The van der Waals surface area contributed by atoms with Crippen molar-refractivity contribution in [3.8, 4) is 0 Å². The number of halogens is 1. The molecule has 0 unspecified atom stereocenters. The van der Waals surface area contributed by atoms with E-state index in [0.717, 1.165) is 18.2 Å². The predicted molar refractivity (Wildman–Crippen MR) is 103 cm³/mol. The number of fused-ring (bicyclic) bond motifs is 1. The number of aromatic amines is 1. The van der Waals surface area contributed by atoms with Crippen molar-refractivity contribution in [2.24, 2.45) is 0 Å². The van der Waals surface area contributed by atoms with Gasteiger partial charge < -0.3 is 15.0 Å². The molecule has 2 aromatic carbocycles. The molecule has 0 radical (unpaired) electrons. The van der Waals surface area contributed by atoms with Crippen LogP contribution in [0.1, 0.15) is 12.2 Å². The summed E-state index contributed by atoms with van der Waals surface area (Å²) in [6, 6.07) is 9.61. The van der Waals surface area contributed by atoms with Crippen molar-refractivity contribution in [2.45, 2.75) is 12.8 Å². The number of esters is 1. The number of carbonyl (C=O) groups excluding carboxylic acids is 2. The van der Waals surface area contributed by atoms with Gasteiger partial charge in [0.1, 0.15) is 5.82 Å². The van der Waals surface area contributed by atoms with Crippen LogP contribution in [0.4, 0.5) is 15.8 Å². The Balaban J connectivity index is 1.51. The van der Waals surface area contributed by atoms with E-state index < -0.39 is 34.9 Å². The van der Waals surface area contributed by atoms with Gasteiger partial charge in [0.2, 0.25) is 5.82 Å². The molecule has 154 valence electrons. The molecule has 0 saturated carbocycles. The van der Waals surface area contributed by atoms with Gasteiger partial charge in [-0.25, -0.2) is 4.98 Å². The van der Waals surface area contributed by atoms with Crippen molar-refractivity contribution in [1.82, 2.24) is 9.97 Å². The lowest BCUT2D eigenvalue weighted by Gasteiger charge is -2.07. The van der Waals surface area contributed by atoms with E-state index in [1.165, 1.54) is 0 Å². The van der Waals surface area contributed by atoms with E-state index in [0.29, 0.717) is 16.7 Å². The molecule has 1 heterocycles. The van der Waals surface area contributed by atoms with E-state index in [4.69, 9.17) is 4.74 Å². The molecule has 3 rings (SSSR count). The average Bonchev–Trinajstić information content (AvgIpc) is 2.72. The Hall–Kier alpha value is -4.15. The monoisotopic (exact) mass is 414 g/mol. The molecular weight excluding hydrogens is 399 g/mol. The Morgan fingerprint density at radius 1 is 1.23 bits per heavy atom. The van der Waals surface area contributed by atoms with Gasteiger partial charge in [-0.2, -0.15) is 4.39 Å². The van der Waals surface area contributed by atoms with Gasteiger partial charge >= 0.3 is 11.7 Å². The predicted octanol–water partition coefficient (Wildman–Crippen LogP) is 2.08. The van der Waals surface area contributed by atoms with Crippen LogP contribution >= 0.6 is 0 Å². The second-order valence-electron chi connectivity index (χ2n) is 6.16. The van der Waals surface area contributed by atoms with E-state index in [2.05, 4.69) is 15.3 Å². The molecule has 3 aromatic rings. The van der Waals surface area contributed by atoms with Crippen LogP contribution in [0.3, 0.4) is 0 Å². The molecule has 0 aliphatic rings. The number of anilines is 1. The standard InChI is InChI=1S/C19H15FN4O6/c20-13-6-5-11(9-15(13)24(28)29)21-17(25)10-30-18(26)8-7-16-22-14-4-2-1-3-12(14)19(27)23-16/h1-6,9H,7-8,10H2,(H,21,25)(H,22,23,27). The number of amides is 1. The first-order valence-electron chi connectivity index (χ1n) is 8.71. The van der Waals surface area contributed by atoms with Gasteiger partial charge in [-0.3, -0.25) is 24.5 Å². The van der Waals surface area contributed by atoms with Crippen LogP contribution in [-0.4, -0.2) is 33.4 Å². The molecule has 1 aromatic heterocycles. The number of hydrogen-bond donors (Lipinski definition) is 2. The first kappa shape index (κ1) is 20.6. The fourth-order valence-electron chi connectivity index (χ4n) is 2.62. The Labute approximate surface area is 167 Å². The van der Waals surface area contributed by atoms with Gasteiger partial charge in [0.15, 0.2) is 6.61 Å². The molecule has 30 heavy (non-hydrogen) atoms. The van der Waals surface area contributed by atoms with Gasteiger partial charge in [-0.15, -0.1) is 0 Å². The normalized spacial score (nSPS) is 10.6. The lowest BCUT2D eigenvalue weighted by Crippen LogP contribution is -2.21. The van der Waals surface area contributed by atoms with E-state index >= 15 is 0 Å². The summed E-state index contributed by atoms with van der Waals surface area (Å²) < 4.78 is 18.1. The number of H-pyrrole nitrogens is 1. The fourth-order valence-corrected chi connectivity index (χ4v) is 2.62. The summed E-state index contributed by atoms with van der Waals surface area (Å²) in [5.74, 6) is -2.18. The second-order valence-corrected chi connectivity index (χ2v) is 6.16. The Kier molecular flexibility index (Phi) is 6.11. The van der Waals surface area contributed by atoms with Gasteiger partial charge in [0, 0.05) is 18.2 Å². The summed E-state index contributed by atoms with van der Waals surface area (Å²) in [5, 5.41) is 13.4. The number of nitro groups is 1. The van der Waals surface area contributed by atoms with Crippen molar-refractivity contribution >= 4 is 34.2 Å². The van der Waals surface area contributed by atoms with Crippen LogP contribution in [-0.2, 0) is 20.7 Å². The summed E-state index contributed by atoms with van der Waals surface area (Å²) in [6.45, 7) is -0.633. The molecular formula is C19H15FN4O6. The van der Waals surface area contributed by atoms with Crippen molar-refractivity contribution in [3.63, 3.8) is 0 Å². The zero-order valence-electron chi connectivity index (χ0n) is 15.4. The highest BCUT2D eigenvalue weighted by atomic mass is 19.1. The third-order valence-electron chi connectivity index (χ3n) is 4.02. The van der Waals surface area contributed by atoms with E-state index in [-0.39, 0.29) is 24.1 Å². The largest absolute Gasteiger partial charge is 0.456 e. The van der Waals surface area contributed by atoms with Gasteiger partial charge in [0.25, 0.3) is 11.5 Å². The molecule has 0 aliphatic carbocycles. The smallest absolute Gasteiger partial charge is 0.306 e. The highest BCUT2D eigenvalue weighted by Gasteiger charge is 2.16. The summed E-state index contributed by atoms with van der Waals surface area (Å²) >= 11 is 0. The first-order chi connectivity index (χ1) is 14.3. The third kappa shape index (κ3) is 5.01. The average molecular weight is 414 g/mol. The number of nitrogens with zero attached hydrogens (tertiary/aromatic N) is 2. The molecule has 0 aliphatic heterocycles. The second kappa shape index (κ2) is 8.90. The van der Waals surface area contributed by atoms with Crippen molar-refractivity contribution in [1.29, 1.82) is 0 Å². The maximum Gasteiger partial charge on any atom is 0.306 e. The fraction of sp³-hybridized carbons (Fsp3) is 0.158. The lowest BCUT2D eigenvalue weighted by molar-refractivity contribution is -0.387. The van der Waals surface area contributed by atoms with Crippen molar-refractivity contribution in [3.05, 3.63) is 74.6 Å². The maximum absolute atomic E-state index is 13.3. The summed E-state index contributed by atoms with van der Waals surface area (Å²) in [5.41, 5.74) is -0.627. The number of rotatable bonds is 7. The number of nitro benzene ring substituents is 1. The minimum absolute atomic E-state index is 0.0120. The molecule has 0 spiro atoms. The molecule has 0 bridgehead atoms. The Bertz CT molecular complexity index is 1190. The number of aryl methyl sites for hydroxylation is 1. The highest BCUT2D eigenvalue weighted by Crippen LogP contribution is 2.21. The molecule has 0 fully saturated rings. The molecule has 2 N–H and O–H groups in total. The van der Waals surface area contributed by atoms with Crippen LogP contribution in [0.25, 0.3) is 10.9 Å². The zero-order chi connectivity index (χ0) is 21.7. The van der Waals surface area contributed by atoms with E-state index in [9.17, 15) is 28.9 Å². The minimum Gasteiger partial charge on any atom is -0.456 e. The summed E-state index contributed by atoms with van der Waals surface area (Å²) in [4.78, 5) is 52.3. The number of carbonyl (C=O) groups is 2. The van der Waals surface area contributed by atoms with Crippen LogP contribution in [0.15, 0.2) is 47.3 Å². The summed E-state index contributed by atoms with van der Waals surface area (Å²) in [7, 11) is 0. The quantitative estimate of drug-likeness (QED) is 0.342. The third-order valence-corrected chi connectivity index (χ3v) is 4.02. The molecule has 10 nitrogen and oxygen atoms in total. The van der Waals surface area contributed by atoms with Gasteiger partial charge in [0.05, 0.1) is 22.2 Å². The molecule has 0 atom stereocenters. The summed E-state index contributed by atoms with van der Waals surface area (Å²) in [6.07, 6.45) is -0.0265. The van der Waals surface area contributed by atoms with E-state index in [1.807, 2.05) is 0 Å². The minimum atomic E-state index is -1.04. The van der Waals surface area contributed by atoms with Crippen LogP contribution in [0, 0.1) is 15.9 Å².